The van der Waals surface area contributed by atoms with Crippen LogP contribution < -0.4 is 0 Å². The maximum atomic E-state index is 3.76. The summed E-state index contributed by atoms with van der Waals surface area (Å²) >= 11 is 0. The van der Waals surface area contributed by atoms with E-state index in [1.54, 1.807) is 5.57 Å². The molecule has 0 aromatic rings. The van der Waals surface area contributed by atoms with Gasteiger partial charge in [-0.05, 0) is 59.3 Å². The van der Waals surface area contributed by atoms with E-state index in [9.17, 15) is 0 Å². The van der Waals surface area contributed by atoms with Gasteiger partial charge in [0.05, 0.1) is 5.41 Å². The molecule has 3 aliphatic carbocycles. The molecule has 1 saturated carbocycles. The zero-order valence-corrected chi connectivity index (χ0v) is 20.1. The van der Waals surface area contributed by atoms with Gasteiger partial charge in [0, 0.05) is 5.92 Å². The molecule has 0 amide bonds. The summed E-state index contributed by atoms with van der Waals surface area (Å²) in [4.78, 5) is 0. The third kappa shape index (κ3) is 3.50. The number of hydrogen-bond donors (Lipinski definition) is 0. The van der Waals surface area contributed by atoms with Crippen molar-refractivity contribution in [2.24, 2.45) is 45.8 Å². The molecule has 0 aromatic carbocycles. The van der Waals surface area contributed by atoms with Crippen LogP contribution in [0.3, 0.4) is 0 Å². The minimum atomic E-state index is 0.202. The summed E-state index contributed by atoms with van der Waals surface area (Å²) in [7, 11) is 0. The van der Waals surface area contributed by atoms with Crippen LogP contribution in [0.2, 0.25) is 0 Å². The molecule has 0 aliphatic heterocycles. The Balaban J connectivity index is 1.59. The molecule has 1 spiro atoms. The normalized spacial score (nSPS) is 37.8. The third-order valence-corrected chi connectivity index (χ3v) is 9.43. The summed E-state index contributed by atoms with van der Waals surface area (Å²) in [5.74, 6) is 11.4. The topological polar surface area (TPSA) is 0 Å². The van der Waals surface area contributed by atoms with Crippen molar-refractivity contribution in [3.8, 4) is 11.8 Å². The quantitative estimate of drug-likeness (QED) is 0.249. The predicted octanol–water partition coefficient (Wildman–Crippen LogP) is 8.28. The standard InChI is InChI=1S/C28H46/c1-9-12-20(4)22(13-10-2)17-21(5)24-19-28(24)16-15-23(18-28)27(8)25(14-11-3)26(27,6)7/h19-23,25H,9-14,17-18H2,1-8H3. The van der Waals surface area contributed by atoms with Gasteiger partial charge in [0.25, 0.3) is 0 Å². The Morgan fingerprint density at radius 3 is 2.32 bits per heavy atom. The third-order valence-electron chi connectivity index (χ3n) is 9.43. The largest absolute Gasteiger partial charge is 0.0979 e. The second-order valence-electron chi connectivity index (χ2n) is 11.4. The summed E-state index contributed by atoms with van der Waals surface area (Å²) < 4.78 is 0. The minimum absolute atomic E-state index is 0.202. The highest BCUT2D eigenvalue weighted by Gasteiger charge is 2.71. The summed E-state index contributed by atoms with van der Waals surface area (Å²) in [5.41, 5.74) is 2.80. The van der Waals surface area contributed by atoms with Crippen molar-refractivity contribution in [3.05, 3.63) is 11.6 Å². The van der Waals surface area contributed by atoms with Crippen LogP contribution in [0.25, 0.3) is 0 Å². The number of allylic oxidation sites excluding steroid dienone is 2. The van der Waals surface area contributed by atoms with E-state index >= 15 is 0 Å². The van der Waals surface area contributed by atoms with Crippen LogP contribution >= 0.6 is 0 Å². The van der Waals surface area contributed by atoms with Gasteiger partial charge in [0.2, 0.25) is 0 Å². The maximum Gasteiger partial charge on any atom is 0.0721 e. The molecule has 7 atom stereocenters. The Morgan fingerprint density at radius 2 is 1.71 bits per heavy atom. The van der Waals surface area contributed by atoms with Crippen LogP contribution in [0.5, 0.6) is 0 Å². The Bertz CT molecular complexity index is 655. The zero-order chi connectivity index (χ0) is 20.7. The second kappa shape index (κ2) is 7.85. The van der Waals surface area contributed by atoms with Crippen LogP contribution in [0, 0.1) is 57.7 Å². The molecule has 0 N–H and O–H groups in total. The summed E-state index contributed by atoms with van der Waals surface area (Å²) in [5, 5.41) is 0. The van der Waals surface area contributed by atoms with Crippen LogP contribution in [-0.4, -0.2) is 0 Å². The van der Waals surface area contributed by atoms with E-state index in [0.717, 1.165) is 23.7 Å². The van der Waals surface area contributed by atoms with Crippen molar-refractivity contribution in [1.82, 2.24) is 0 Å². The van der Waals surface area contributed by atoms with Gasteiger partial charge < -0.3 is 0 Å². The minimum Gasteiger partial charge on any atom is -0.0979 e. The molecule has 7 unspecified atom stereocenters. The van der Waals surface area contributed by atoms with Crippen molar-refractivity contribution in [1.29, 1.82) is 0 Å². The highest BCUT2D eigenvalue weighted by molar-refractivity contribution is 5.54. The Kier molecular flexibility index (Phi) is 6.17. The Labute approximate surface area is 176 Å². The molecule has 0 heteroatoms. The first kappa shape index (κ1) is 22.0. The first-order valence-electron chi connectivity index (χ1n) is 12.4. The molecule has 3 rings (SSSR count). The molecular weight excluding hydrogens is 336 g/mol. The molecule has 0 saturated heterocycles. The van der Waals surface area contributed by atoms with Crippen molar-refractivity contribution >= 4 is 0 Å². The Morgan fingerprint density at radius 1 is 1.04 bits per heavy atom. The van der Waals surface area contributed by atoms with E-state index in [-0.39, 0.29) is 5.41 Å². The Hall–Kier alpha value is -0.700. The van der Waals surface area contributed by atoms with E-state index in [0.29, 0.717) is 16.7 Å². The number of rotatable bonds is 11. The molecule has 0 radical (unpaired) electrons. The zero-order valence-electron chi connectivity index (χ0n) is 20.1. The van der Waals surface area contributed by atoms with Gasteiger partial charge >= 0.3 is 0 Å². The molecule has 0 aromatic heterocycles. The first-order valence-corrected chi connectivity index (χ1v) is 12.4. The highest BCUT2D eigenvalue weighted by Crippen LogP contribution is 2.76. The second-order valence-corrected chi connectivity index (χ2v) is 11.4. The summed E-state index contributed by atoms with van der Waals surface area (Å²) in [6.07, 6.45) is 13.3. The lowest BCUT2D eigenvalue weighted by atomic mass is 9.76. The van der Waals surface area contributed by atoms with Crippen molar-refractivity contribution in [2.45, 2.75) is 107 Å². The lowest BCUT2D eigenvalue weighted by Crippen LogP contribution is -2.20. The molecule has 0 heterocycles. The van der Waals surface area contributed by atoms with Gasteiger partial charge in [0.1, 0.15) is 0 Å². The fourth-order valence-electron chi connectivity index (χ4n) is 7.15. The molecule has 0 nitrogen and oxygen atoms in total. The molecule has 3 aliphatic rings. The smallest absolute Gasteiger partial charge is 0.0721 e. The van der Waals surface area contributed by atoms with E-state index in [1.807, 2.05) is 0 Å². The van der Waals surface area contributed by atoms with E-state index in [4.69, 9.17) is 0 Å². The van der Waals surface area contributed by atoms with Crippen LogP contribution in [0.15, 0.2) is 11.6 Å². The van der Waals surface area contributed by atoms with Gasteiger partial charge in [-0.15, -0.1) is 0 Å². The van der Waals surface area contributed by atoms with E-state index in [2.05, 4.69) is 73.3 Å². The molecular formula is C28H46. The predicted molar refractivity (Wildman–Crippen MR) is 123 cm³/mol. The van der Waals surface area contributed by atoms with Gasteiger partial charge in [-0.2, -0.15) is 0 Å². The molecule has 1 fully saturated rings. The van der Waals surface area contributed by atoms with Crippen LogP contribution in [0.4, 0.5) is 0 Å². The monoisotopic (exact) mass is 382 g/mol. The van der Waals surface area contributed by atoms with Crippen LogP contribution in [0.1, 0.15) is 107 Å². The fourth-order valence-corrected chi connectivity index (χ4v) is 7.15. The molecule has 0 bridgehead atoms. The lowest BCUT2D eigenvalue weighted by molar-refractivity contribution is 0.263. The lowest BCUT2D eigenvalue weighted by Gasteiger charge is -2.27. The van der Waals surface area contributed by atoms with Gasteiger partial charge in [-0.1, -0.05) is 105 Å². The van der Waals surface area contributed by atoms with Gasteiger partial charge in [0.15, 0.2) is 0 Å². The average molecular weight is 383 g/mol. The first-order chi connectivity index (χ1) is 13.2. The SMILES string of the molecule is CCCC(C)C(CCC)CC(C)C1=CC12C#CC(C1(C)C(CCC)C1(C)C)C2. The summed E-state index contributed by atoms with van der Waals surface area (Å²) in [6, 6.07) is 0. The maximum absolute atomic E-state index is 3.76. The van der Waals surface area contributed by atoms with Gasteiger partial charge in [-0.25, -0.2) is 0 Å². The molecule has 158 valence electrons. The average Bonchev–Trinajstić information content (AvgIpc) is 3.34. The van der Waals surface area contributed by atoms with Crippen molar-refractivity contribution in [2.75, 3.05) is 0 Å². The van der Waals surface area contributed by atoms with E-state index < -0.39 is 0 Å². The fraction of sp³-hybridized carbons (Fsp3) is 0.857. The van der Waals surface area contributed by atoms with Crippen molar-refractivity contribution in [3.63, 3.8) is 0 Å². The number of hydrogen-bond acceptors (Lipinski definition) is 0. The molecule has 28 heavy (non-hydrogen) atoms. The van der Waals surface area contributed by atoms with E-state index in [1.165, 1.54) is 51.4 Å². The van der Waals surface area contributed by atoms with Crippen molar-refractivity contribution < 1.29 is 0 Å². The summed E-state index contributed by atoms with van der Waals surface area (Å²) in [6.45, 7) is 19.5. The van der Waals surface area contributed by atoms with Crippen LogP contribution in [-0.2, 0) is 0 Å². The van der Waals surface area contributed by atoms with Gasteiger partial charge in [-0.3, -0.25) is 0 Å². The highest BCUT2D eigenvalue weighted by atomic mass is 14.7.